The fraction of sp³-hybridized carbons (Fsp3) is 0.571. The number of nitrogens with zero attached hydrogens (tertiary/aromatic N) is 2. The molecule has 0 aliphatic carbocycles. The first-order chi connectivity index (χ1) is 9.27. The molecule has 0 unspecified atom stereocenters. The van der Waals surface area contributed by atoms with E-state index in [9.17, 15) is 9.00 Å². The van der Waals surface area contributed by atoms with E-state index in [0.717, 1.165) is 5.69 Å². The van der Waals surface area contributed by atoms with Gasteiger partial charge < -0.3 is 10.6 Å². The van der Waals surface area contributed by atoms with Crippen molar-refractivity contribution >= 4 is 22.5 Å². The molecule has 20 heavy (non-hydrogen) atoms. The number of rotatable bonds is 1. The van der Waals surface area contributed by atoms with E-state index in [-0.39, 0.29) is 11.3 Å². The van der Waals surface area contributed by atoms with Gasteiger partial charge in [-0.1, -0.05) is 20.8 Å². The van der Waals surface area contributed by atoms with Crippen LogP contribution in [0.4, 0.5) is 5.82 Å². The van der Waals surface area contributed by atoms with Crippen molar-refractivity contribution in [2.45, 2.75) is 26.2 Å². The number of hydrogen-bond acceptors (Lipinski definition) is 4. The number of nitrogen functional groups attached to an aromatic ring is 1. The molecule has 2 rings (SSSR count). The summed E-state index contributed by atoms with van der Waals surface area (Å²) in [6, 6.07) is 3.42. The molecule has 0 radical (unpaired) electrons. The summed E-state index contributed by atoms with van der Waals surface area (Å²) in [7, 11) is -0.788. The number of hydrogen-bond donors (Lipinski definition) is 1. The highest BCUT2D eigenvalue weighted by molar-refractivity contribution is 7.85. The maximum atomic E-state index is 12.5. The third-order valence-electron chi connectivity index (χ3n) is 3.33. The van der Waals surface area contributed by atoms with Crippen molar-refractivity contribution in [1.29, 1.82) is 0 Å². The summed E-state index contributed by atoms with van der Waals surface area (Å²) in [4.78, 5) is 18.5. The second kappa shape index (κ2) is 5.52. The standard InChI is InChI=1S/C14H21N3O2S/c1-14(2,3)11-8-10(9-12(15)16-11)13(18)17-4-6-20(19)7-5-17/h8-9H,4-7H2,1-3H3,(H2,15,16). The summed E-state index contributed by atoms with van der Waals surface area (Å²) in [6.07, 6.45) is 0. The molecule has 1 aliphatic heterocycles. The highest BCUT2D eigenvalue weighted by Gasteiger charge is 2.24. The Morgan fingerprint density at radius 2 is 1.90 bits per heavy atom. The maximum Gasteiger partial charge on any atom is 0.254 e. The van der Waals surface area contributed by atoms with Gasteiger partial charge in [-0.3, -0.25) is 9.00 Å². The predicted molar refractivity (Wildman–Crippen MR) is 81.1 cm³/mol. The van der Waals surface area contributed by atoms with Crippen molar-refractivity contribution in [2.75, 3.05) is 30.3 Å². The van der Waals surface area contributed by atoms with Crippen LogP contribution >= 0.6 is 0 Å². The van der Waals surface area contributed by atoms with Crippen LogP contribution in [0, 0.1) is 0 Å². The van der Waals surface area contributed by atoms with E-state index in [2.05, 4.69) is 4.98 Å². The second-order valence-corrected chi connectivity index (χ2v) is 7.75. The summed E-state index contributed by atoms with van der Waals surface area (Å²) in [5.41, 5.74) is 7.03. The van der Waals surface area contributed by atoms with E-state index < -0.39 is 10.8 Å². The summed E-state index contributed by atoms with van der Waals surface area (Å²) >= 11 is 0. The quantitative estimate of drug-likeness (QED) is 0.843. The molecule has 1 amide bonds. The Balaban J connectivity index is 2.26. The van der Waals surface area contributed by atoms with Crippen LogP contribution in [0.3, 0.4) is 0 Å². The molecule has 1 aromatic heterocycles. The molecule has 0 saturated carbocycles. The lowest BCUT2D eigenvalue weighted by Gasteiger charge is -2.27. The highest BCUT2D eigenvalue weighted by Crippen LogP contribution is 2.23. The first-order valence-electron chi connectivity index (χ1n) is 6.69. The molecular weight excluding hydrogens is 274 g/mol. The SMILES string of the molecule is CC(C)(C)c1cc(C(=O)N2CCS(=O)CC2)cc(N)n1. The predicted octanol–water partition coefficient (Wildman–Crippen LogP) is 1.17. The van der Waals surface area contributed by atoms with E-state index in [1.807, 2.05) is 26.8 Å². The average Bonchev–Trinajstić information content (AvgIpc) is 2.37. The number of aromatic nitrogens is 1. The van der Waals surface area contributed by atoms with Crippen LogP contribution in [0.2, 0.25) is 0 Å². The van der Waals surface area contributed by atoms with Gasteiger partial charge in [0.1, 0.15) is 5.82 Å². The second-order valence-electron chi connectivity index (χ2n) is 6.06. The van der Waals surface area contributed by atoms with Gasteiger partial charge in [0.15, 0.2) is 0 Å². The van der Waals surface area contributed by atoms with Gasteiger partial charge in [0, 0.05) is 52.1 Å². The first kappa shape index (κ1) is 15.0. The van der Waals surface area contributed by atoms with Crippen molar-refractivity contribution in [3.8, 4) is 0 Å². The molecule has 1 saturated heterocycles. The lowest BCUT2D eigenvalue weighted by atomic mass is 9.90. The normalized spacial score (nSPS) is 17.2. The number of pyridine rings is 1. The molecule has 1 fully saturated rings. The number of nitrogens with two attached hydrogens (primary N) is 1. The Hall–Kier alpha value is -1.43. The van der Waals surface area contributed by atoms with E-state index in [0.29, 0.717) is 36.0 Å². The van der Waals surface area contributed by atoms with Crippen LogP contribution in [0.25, 0.3) is 0 Å². The Morgan fingerprint density at radius 3 is 2.45 bits per heavy atom. The molecule has 0 aromatic carbocycles. The fourth-order valence-electron chi connectivity index (χ4n) is 2.08. The summed E-state index contributed by atoms with van der Waals surface area (Å²) in [5.74, 6) is 1.42. The Labute approximate surface area is 122 Å². The van der Waals surface area contributed by atoms with Gasteiger partial charge in [0.05, 0.1) is 0 Å². The minimum absolute atomic E-state index is 0.0544. The minimum Gasteiger partial charge on any atom is -0.384 e. The molecule has 0 atom stereocenters. The molecule has 1 aromatic rings. The van der Waals surface area contributed by atoms with Gasteiger partial charge in [-0.15, -0.1) is 0 Å². The highest BCUT2D eigenvalue weighted by atomic mass is 32.2. The molecule has 2 heterocycles. The van der Waals surface area contributed by atoms with E-state index >= 15 is 0 Å². The number of carbonyl (C=O) groups is 1. The van der Waals surface area contributed by atoms with Gasteiger partial charge in [-0.25, -0.2) is 4.98 Å². The van der Waals surface area contributed by atoms with E-state index in [1.165, 1.54) is 0 Å². The Bertz CT molecular complexity index is 542. The lowest BCUT2D eigenvalue weighted by Crippen LogP contribution is -2.41. The molecule has 0 bridgehead atoms. The van der Waals surface area contributed by atoms with Crippen molar-refractivity contribution in [3.63, 3.8) is 0 Å². The van der Waals surface area contributed by atoms with Gasteiger partial charge >= 0.3 is 0 Å². The van der Waals surface area contributed by atoms with Gasteiger partial charge in [-0.2, -0.15) is 0 Å². The third-order valence-corrected chi connectivity index (χ3v) is 4.60. The average molecular weight is 295 g/mol. The summed E-state index contributed by atoms with van der Waals surface area (Å²) in [6.45, 7) is 7.18. The molecular formula is C14H21N3O2S. The molecule has 0 spiro atoms. The molecule has 5 nitrogen and oxygen atoms in total. The first-order valence-corrected chi connectivity index (χ1v) is 8.18. The Kier molecular flexibility index (Phi) is 4.13. The van der Waals surface area contributed by atoms with Gasteiger partial charge in [0.2, 0.25) is 0 Å². The smallest absolute Gasteiger partial charge is 0.254 e. The molecule has 2 N–H and O–H groups in total. The number of amides is 1. The van der Waals surface area contributed by atoms with Crippen LogP contribution < -0.4 is 5.73 Å². The topological polar surface area (TPSA) is 76.3 Å². The third kappa shape index (κ3) is 3.36. The number of carbonyl (C=O) groups excluding carboxylic acids is 1. The number of anilines is 1. The van der Waals surface area contributed by atoms with Gasteiger partial charge in [-0.05, 0) is 12.1 Å². The largest absolute Gasteiger partial charge is 0.384 e. The van der Waals surface area contributed by atoms with Crippen molar-refractivity contribution < 1.29 is 9.00 Å². The van der Waals surface area contributed by atoms with Crippen LogP contribution in [-0.4, -0.2) is 44.6 Å². The zero-order valence-corrected chi connectivity index (χ0v) is 13.0. The maximum absolute atomic E-state index is 12.5. The Morgan fingerprint density at radius 1 is 1.30 bits per heavy atom. The molecule has 110 valence electrons. The van der Waals surface area contributed by atoms with Crippen LogP contribution in [0.1, 0.15) is 36.8 Å². The van der Waals surface area contributed by atoms with Crippen LogP contribution in [0.5, 0.6) is 0 Å². The summed E-state index contributed by atoms with van der Waals surface area (Å²) < 4.78 is 11.4. The molecule has 1 aliphatic rings. The monoisotopic (exact) mass is 295 g/mol. The molecule has 6 heteroatoms. The van der Waals surface area contributed by atoms with Crippen molar-refractivity contribution in [2.24, 2.45) is 0 Å². The zero-order chi connectivity index (χ0) is 14.9. The van der Waals surface area contributed by atoms with Gasteiger partial charge in [0.25, 0.3) is 5.91 Å². The fourth-order valence-corrected chi connectivity index (χ4v) is 3.14. The van der Waals surface area contributed by atoms with E-state index in [1.54, 1.807) is 11.0 Å². The zero-order valence-electron chi connectivity index (χ0n) is 12.2. The van der Waals surface area contributed by atoms with E-state index in [4.69, 9.17) is 5.73 Å². The van der Waals surface area contributed by atoms with Crippen LogP contribution in [-0.2, 0) is 16.2 Å². The van der Waals surface area contributed by atoms with Crippen molar-refractivity contribution in [1.82, 2.24) is 9.88 Å². The summed E-state index contributed by atoms with van der Waals surface area (Å²) in [5, 5.41) is 0. The minimum atomic E-state index is -0.788. The van der Waals surface area contributed by atoms with Crippen molar-refractivity contribution in [3.05, 3.63) is 23.4 Å². The van der Waals surface area contributed by atoms with Crippen LogP contribution in [0.15, 0.2) is 12.1 Å². The lowest BCUT2D eigenvalue weighted by molar-refractivity contribution is 0.0771.